The molecule has 0 unspecified atom stereocenters. The van der Waals surface area contributed by atoms with Crippen LogP contribution < -0.4 is 11.1 Å². The molecule has 3 nitrogen and oxygen atoms in total. The zero-order valence-corrected chi connectivity index (χ0v) is 12.5. The average molecular weight is 337 g/mol. The predicted molar refractivity (Wildman–Crippen MR) is 81.4 cm³/mol. The van der Waals surface area contributed by atoms with Crippen molar-refractivity contribution < 1.29 is 0 Å². The Morgan fingerprint density at radius 3 is 3.00 bits per heavy atom. The molecule has 0 bridgehead atoms. The SMILES string of the molecule is CCCCN=C(N)NCCC1=CCCC1.I. The Balaban J connectivity index is 0.00000225. The second kappa shape index (κ2) is 9.93. The van der Waals surface area contributed by atoms with E-state index in [1.165, 1.54) is 25.7 Å². The average Bonchev–Trinajstić information content (AvgIpc) is 2.71. The van der Waals surface area contributed by atoms with Gasteiger partial charge in [-0.25, -0.2) is 0 Å². The molecule has 16 heavy (non-hydrogen) atoms. The lowest BCUT2D eigenvalue weighted by atomic mass is 10.2. The normalized spacial score (nSPS) is 15.6. The number of aliphatic imine (C=N–C) groups is 1. The number of nitrogens with two attached hydrogens (primary N) is 1. The van der Waals surface area contributed by atoms with Crippen LogP contribution in [0, 0.1) is 0 Å². The minimum absolute atomic E-state index is 0. The Bertz CT molecular complexity index is 236. The number of hydrogen-bond acceptors (Lipinski definition) is 1. The van der Waals surface area contributed by atoms with Crippen LogP contribution in [0.2, 0.25) is 0 Å². The molecule has 0 heterocycles. The summed E-state index contributed by atoms with van der Waals surface area (Å²) >= 11 is 0. The molecular formula is C12H24IN3. The molecule has 0 saturated carbocycles. The number of nitrogens with zero attached hydrogens (tertiary/aromatic N) is 1. The summed E-state index contributed by atoms with van der Waals surface area (Å²) in [5.41, 5.74) is 7.29. The highest BCUT2D eigenvalue weighted by Crippen LogP contribution is 2.19. The molecule has 1 aliphatic rings. The lowest BCUT2D eigenvalue weighted by Gasteiger charge is -2.05. The van der Waals surface area contributed by atoms with Gasteiger partial charge in [-0.05, 0) is 32.1 Å². The molecule has 1 aliphatic carbocycles. The molecule has 1 rings (SSSR count). The highest BCUT2D eigenvalue weighted by Gasteiger charge is 2.03. The van der Waals surface area contributed by atoms with Gasteiger partial charge >= 0.3 is 0 Å². The van der Waals surface area contributed by atoms with E-state index in [0.29, 0.717) is 5.96 Å². The molecule has 0 spiro atoms. The van der Waals surface area contributed by atoms with Crippen molar-refractivity contribution in [1.29, 1.82) is 0 Å². The van der Waals surface area contributed by atoms with Crippen molar-refractivity contribution in [2.45, 2.75) is 45.4 Å². The zero-order chi connectivity index (χ0) is 10.9. The molecule has 94 valence electrons. The first kappa shape index (κ1) is 15.7. The largest absolute Gasteiger partial charge is 0.370 e. The van der Waals surface area contributed by atoms with Gasteiger partial charge in [-0.1, -0.05) is 25.0 Å². The molecule has 0 radical (unpaired) electrons. The van der Waals surface area contributed by atoms with E-state index in [4.69, 9.17) is 5.73 Å². The molecule has 3 N–H and O–H groups in total. The van der Waals surface area contributed by atoms with Gasteiger partial charge in [0.05, 0.1) is 0 Å². The molecule has 0 amide bonds. The van der Waals surface area contributed by atoms with Crippen LogP contribution in [0.5, 0.6) is 0 Å². The Kier molecular flexibility index (Phi) is 9.77. The van der Waals surface area contributed by atoms with Crippen molar-refractivity contribution in [2.75, 3.05) is 13.1 Å². The predicted octanol–water partition coefficient (Wildman–Crippen LogP) is 2.81. The monoisotopic (exact) mass is 337 g/mol. The molecule has 0 aromatic rings. The van der Waals surface area contributed by atoms with Gasteiger partial charge < -0.3 is 11.1 Å². The molecule has 0 saturated heterocycles. The fourth-order valence-corrected chi connectivity index (χ4v) is 1.73. The molecule has 0 atom stereocenters. The van der Waals surface area contributed by atoms with Crippen molar-refractivity contribution in [1.82, 2.24) is 5.32 Å². The van der Waals surface area contributed by atoms with Crippen LogP contribution in [0.1, 0.15) is 45.4 Å². The summed E-state index contributed by atoms with van der Waals surface area (Å²) in [5, 5.41) is 3.16. The van der Waals surface area contributed by atoms with Crippen molar-refractivity contribution in [2.24, 2.45) is 10.7 Å². The fraction of sp³-hybridized carbons (Fsp3) is 0.750. The fourth-order valence-electron chi connectivity index (χ4n) is 1.73. The summed E-state index contributed by atoms with van der Waals surface area (Å²) in [6, 6.07) is 0. The maximum absolute atomic E-state index is 5.72. The maximum atomic E-state index is 5.72. The van der Waals surface area contributed by atoms with Gasteiger partial charge in [-0.2, -0.15) is 0 Å². The number of nitrogens with one attached hydrogen (secondary N) is 1. The number of unbranched alkanes of at least 4 members (excludes halogenated alkanes) is 1. The number of guanidine groups is 1. The molecule has 0 fully saturated rings. The van der Waals surface area contributed by atoms with Crippen LogP contribution >= 0.6 is 24.0 Å². The van der Waals surface area contributed by atoms with Gasteiger partial charge in [-0.3, -0.25) is 4.99 Å². The van der Waals surface area contributed by atoms with Crippen LogP contribution in [0.15, 0.2) is 16.6 Å². The molecular weight excluding hydrogens is 313 g/mol. The zero-order valence-electron chi connectivity index (χ0n) is 10.2. The third-order valence-electron chi connectivity index (χ3n) is 2.68. The third kappa shape index (κ3) is 7.09. The number of rotatable bonds is 6. The van der Waals surface area contributed by atoms with E-state index in [1.54, 1.807) is 5.57 Å². The Labute approximate surface area is 116 Å². The minimum Gasteiger partial charge on any atom is -0.370 e. The van der Waals surface area contributed by atoms with E-state index < -0.39 is 0 Å². The third-order valence-corrected chi connectivity index (χ3v) is 2.68. The van der Waals surface area contributed by atoms with Gasteiger partial charge in [0.1, 0.15) is 0 Å². The standard InChI is InChI=1S/C12H23N3.HI/c1-2-3-9-14-12(13)15-10-8-11-6-4-5-7-11;/h6H,2-5,7-10H2,1H3,(H3,13,14,15);1H. The number of allylic oxidation sites excluding steroid dienone is 1. The quantitative estimate of drug-likeness (QED) is 0.257. The van der Waals surface area contributed by atoms with E-state index in [9.17, 15) is 0 Å². The second-order valence-corrected chi connectivity index (χ2v) is 4.05. The van der Waals surface area contributed by atoms with Crippen molar-refractivity contribution >= 4 is 29.9 Å². The van der Waals surface area contributed by atoms with Crippen LogP contribution in [-0.2, 0) is 0 Å². The first-order valence-corrected chi connectivity index (χ1v) is 6.04. The van der Waals surface area contributed by atoms with Gasteiger partial charge in [-0.15, -0.1) is 24.0 Å². The lowest BCUT2D eigenvalue weighted by Crippen LogP contribution is -2.32. The Hall–Kier alpha value is -0.260. The summed E-state index contributed by atoms with van der Waals surface area (Å²) in [4.78, 5) is 4.24. The van der Waals surface area contributed by atoms with Crippen LogP contribution in [0.3, 0.4) is 0 Å². The van der Waals surface area contributed by atoms with Crippen molar-refractivity contribution in [3.63, 3.8) is 0 Å². The molecule has 0 aromatic carbocycles. The van der Waals surface area contributed by atoms with E-state index >= 15 is 0 Å². The first-order chi connectivity index (χ1) is 7.33. The maximum Gasteiger partial charge on any atom is 0.188 e. The summed E-state index contributed by atoms with van der Waals surface area (Å²) < 4.78 is 0. The van der Waals surface area contributed by atoms with Crippen LogP contribution in [-0.4, -0.2) is 19.0 Å². The summed E-state index contributed by atoms with van der Waals surface area (Å²) in [7, 11) is 0. The van der Waals surface area contributed by atoms with E-state index in [0.717, 1.165) is 25.9 Å². The van der Waals surface area contributed by atoms with Crippen molar-refractivity contribution in [3.05, 3.63) is 11.6 Å². The Morgan fingerprint density at radius 1 is 1.56 bits per heavy atom. The van der Waals surface area contributed by atoms with Gasteiger partial charge in [0.15, 0.2) is 5.96 Å². The molecule has 0 aromatic heterocycles. The number of halogens is 1. The van der Waals surface area contributed by atoms with Crippen molar-refractivity contribution in [3.8, 4) is 0 Å². The van der Waals surface area contributed by atoms with Gasteiger partial charge in [0.25, 0.3) is 0 Å². The first-order valence-electron chi connectivity index (χ1n) is 6.04. The van der Waals surface area contributed by atoms with Gasteiger partial charge in [0.2, 0.25) is 0 Å². The summed E-state index contributed by atoms with van der Waals surface area (Å²) in [6.45, 7) is 3.93. The lowest BCUT2D eigenvalue weighted by molar-refractivity contribution is 0.780. The highest BCUT2D eigenvalue weighted by molar-refractivity contribution is 14.0. The molecule has 0 aliphatic heterocycles. The smallest absolute Gasteiger partial charge is 0.188 e. The van der Waals surface area contributed by atoms with E-state index in [1.807, 2.05) is 0 Å². The minimum atomic E-state index is 0. The van der Waals surface area contributed by atoms with E-state index in [2.05, 4.69) is 23.3 Å². The summed E-state index contributed by atoms with van der Waals surface area (Å²) in [6.07, 6.45) is 9.62. The van der Waals surface area contributed by atoms with Gasteiger partial charge in [0, 0.05) is 13.1 Å². The van der Waals surface area contributed by atoms with Crippen LogP contribution in [0.4, 0.5) is 0 Å². The second-order valence-electron chi connectivity index (χ2n) is 4.05. The topological polar surface area (TPSA) is 50.4 Å². The number of hydrogen-bond donors (Lipinski definition) is 2. The van der Waals surface area contributed by atoms with Crippen LogP contribution in [0.25, 0.3) is 0 Å². The Morgan fingerprint density at radius 2 is 2.38 bits per heavy atom. The van der Waals surface area contributed by atoms with E-state index in [-0.39, 0.29) is 24.0 Å². The highest BCUT2D eigenvalue weighted by atomic mass is 127. The molecule has 4 heteroatoms. The summed E-state index contributed by atoms with van der Waals surface area (Å²) in [5.74, 6) is 0.599.